The topological polar surface area (TPSA) is 124 Å². The Hall–Kier alpha value is -4.31. The maximum atomic E-state index is 14.3. The van der Waals surface area contributed by atoms with Gasteiger partial charge < -0.3 is 25.4 Å². The van der Waals surface area contributed by atoms with Crippen molar-refractivity contribution < 1.29 is 22.7 Å². The maximum absolute atomic E-state index is 14.3. The molecule has 44 heavy (non-hydrogen) atoms. The van der Waals surface area contributed by atoms with Crippen molar-refractivity contribution in [3.63, 3.8) is 0 Å². The zero-order chi connectivity index (χ0) is 31.4. The molecular formula is C34H40N4O5S. The lowest BCUT2D eigenvalue weighted by Crippen LogP contribution is -2.36. The van der Waals surface area contributed by atoms with Crippen molar-refractivity contribution >= 4 is 38.0 Å². The number of nitrogen functional groups attached to an aromatic ring is 1. The highest BCUT2D eigenvalue weighted by atomic mass is 32.2. The summed E-state index contributed by atoms with van der Waals surface area (Å²) in [7, 11) is -1.78. The van der Waals surface area contributed by atoms with Crippen molar-refractivity contribution in [1.29, 1.82) is 0 Å². The molecule has 1 fully saturated rings. The summed E-state index contributed by atoms with van der Waals surface area (Å²) in [4.78, 5) is 20.3. The molecule has 1 atom stereocenters. The van der Waals surface area contributed by atoms with E-state index in [1.54, 1.807) is 42.4 Å². The molecule has 10 heteroatoms. The minimum Gasteiger partial charge on any atom is -0.490 e. The standard InChI is InChI=1S/C34H40N4O5S/c1-5-42-30-20-24(13-16-29(30)43-22(2)3)32(37-26-14-15-28-23(19-26)17-18-36-33(28)35)34(39)38(4)21-25-9-6-7-12-31(25)44(40,41)27-10-8-11-27/h6-7,9,12-20,22,27,32,37H,5,8,10-11,21H2,1-4H3,(H2,35,36). The van der Waals surface area contributed by atoms with Crippen LogP contribution >= 0.6 is 0 Å². The van der Waals surface area contributed by atoms with E-state index in [9.17, 15) is 13.2 Å². The molecule has 1 aliphatic carbocycles. The molecule has 0 aliphatic heterocycles. The van der Waals surface area contributed by atoms with Gasteiger partial charge in [0.2, 0.25) is 5.91 Å². The van der Waals surface area contributed by atoms with Crippen LogP contribution in [0.25, 0.3) is 10.8 Å². The van der Waals surface area contributed by atoms with Gasteiger partial charge in [-0.3, -0.25) is 4.79 Å². The van der Waals surface area contributed by atoms with Crippen LogP contribution in [0.4, 0.5) is 11.5 Å². The van der Waals surface area contributed by atoms with Gasteiger partial charge in [0.25, 0.3) is 0 Å². The Bertz CT molecular complexity index is 1750. The minimum atomic E-state index is -3.48. The Morgan fingerprint density at radius 3 is 2.55 bits per heavy atom. The van der Waals surface area contributed by atoms with Crippen LogP contribution in [0.2, 0.25) is 0 Å². The molecule has 0 spiro atoms. The molecule has 1 saturated carbocycles. The highest BCUT2D eigenvalue weighted by molar-refractivity contribution is 7.92. The normalized spacial score (nSPS) is 14.2. The molecule has 9 nitrogen and oxygen atoms in total. The van der Waals surface area contributed by atoms with Gasteiger partial charge in [-0.1, -0.05) is 30.7 Å². The number of amides is 1. The van der Waals surface area contributed by atoms with Crippen LogP contribution in [0.1, 0.15) is 57.2 Å². The fraction of sp³-hybridized carbons (Fsp3) is 0.353. The number of carbonyl (C=O) groups is 1. The molecule has 4 aromatic rings. The number of hydrogen-bond acceptors (Lipinski definition) is 8. The lowest BCUT2D eigenvalue weighted by Gasteiger charge is -2.29. The second kappa shape index (κ2) is 13.1. The summed E-state index contributed by atoms with van der Waals surface area (Å²) in [5.74, 6) is 1.32. The lowest BCUT2D eigenvalue weighted by atomic mass is 10.00. The second-order valence-corrected chi connectivity index (χ2v) is 13.6. The summed E-state index contributed by atoms with van der Waals surface area (Å²) in [5.41, 5.74) is 8.05. The second-order valence-electron chi connectivity index (χ2n) is 11.4. The van der Waals surface area contributed by atoms with Crippen LogP contribution in [0.15, 0.2) is 77.8 Å². The number of carbonyl (C=O) groups excluding carboxylic acids is 1. The van der Waals surface area contributed by atoms with Gasteiger partial charge >= 0.3 is 0 Å². The fourth-order valence-electron chi connectivity index (χ4n) is 5.40. The number of fused-ring (bicyclic) bond motifs is 1. The molecule has 5 rings (SSSR count). The van der Waals surface area contributed by atoms with Gasteiger partial charge in [0.1, 0.15) is 11.9 Å². The first-order chi connectivity index (χ1) is 21.1. The molecule has 0 saturated heterocycles. The van der Waals surface area contributed by atoms with E-state index in [2.05, 4.69) is 10.3 Å². The molecule has 0 bridgehead atoms. The first-order valence-corrected chi connectivity index (χ1v) is 16.5. The van der Waals surface area contributed by atoms with E-state index in [1.165, 1.54) is 0 Å². The Balaban J connectivity index is 1.50. The third kappa shape index (κ3) is 6.60. The molecule has 0 radical (unpaired) electrons. The van der Waals surface area contributed by atoms with E-state index in [0.29, 0.717) is 58.5 Å². The minimum absolute atomic E-state index is 0.0578. The summed E-state index contributed by atoms with van der Waals surface area (Å²) in [6, 6.07) is 19.2. The number of aromatic nitrogens is 1. The third-order valence-electron chi connectivity index (χ3n) is 7.87. The SMILES string of the molecule is CCOc1cc(C(Nc2ccc3c(N)nccc3c2)C(=O)N(C)Cc2ccccc2S(=O)(=O)C2CCC2)ccc1OC(C)C. The number of likely N-dealkylation sites (N-methyl/N-ethyl adjacent to an activating group) is 1. The van der Waals surface area contributed by atoms with E-state index in [4.69, 9.17) is 15.2 Å². The van der Waals surface area contributed by atoms with Crippen molar-refractivity contribution in [2.75, 3.05) is 24.7 Å². The Labute approximate surface area is 259 Å². The number of nitrogens with one attached hydrogen (secondary N) is 1. The average Bonchev–Trinajstić information content (AvgIpc) is 2.95. The number of anilines is 2. The summed E-state index contributed by atoms with van der Waals surface area (Å²) in [6.45, 7) is 6.34. The Morgan fingerprint density at radius 2 is 1.84 bits per heavy atom. The first-order valence-electron chi connectivity index (χ1n) is 15.0. The average molecular weight is 617 g/mol. The van der Waals surface area contributed by atoms with Crippen molar-refractivity contribution in [3.8, 4) is 11.5 Å². The predicted molar refractivity (Wildman–Crippen MR) is 174 cm³/mol. The van der Waals surface area contributed by atoms with E-state index >= 15 is 0 Å². The molecule has 1 unspecified atom stereocenters. The van der Waals surface area contributed by atoms with Gasteiger partial charge in [-0.25, -0.2) is 13.4 Å². The van der Waals surface area contributed by atoms with Crippen molar-refractivity contribution in [1.82, 2.24) is 9.88 Å². The molecular weight excluding hydrogens is 576 g/mol. The number of sulfone groups is 1. The molecule has 3 aromatic carbocycles. The summed E-state index contributed by atoms with van der Waals surface area (Å²) in [5, 5.41) is 4.75. The number of benzene rings is 3. The largest absolute Gasteiger partial charge is 0.490 e. The van der Waals surface area contributed by atoms with E-state index in [-0.39, 0.29) is 23.8 Å². The van der Waals surface area contributed by atoms with E-state index in [0.717, 1.165) is 17.2 Å². The van der Waals surface area contributed by atoms with Gasteiger partial charge in [-0.15, -0.1) is 0 Å². The van der Waals surface area contributed by atoms with Crippen LogP contribution in [0.5, 0.6) is 11.5 Å². The number of ether oxygens (including phenoxy) is 2. The number of pyridine rings is 1. The van der Waals surface area contributed by atoms with Gasteiger partial charge in [0.15, 0.2) is 21.3 Å². The van der Waals surface area contributed by atoms with Crippen molar-refractivity contribution in [3.05, 3.63) is 84.1 Å². The zero-order valence-corrected chi connectivity index (χ0v) is 26.4. The molecule has 1 heterocycles. The van der Waals surface area contributed by atoms with Crippen molar-refractivity contribution in [2.45, 2.75) is 68.9 Å². The van der Waals surface area contributed by atoms with Gasteiger partial charge in [-0.2, -0.15) is 0 Å². The smallest absolute Gasteiger partial charge is 0.249 e. The van der Waals surface area contributed by atoms with Crippen LogP contribution < -0.4 is 20.5 Å². The highest BCUT2D eigenvalue weighted by Gasteiger charge is 2.34. The van der Waals surface area contributed by atoms with Crippen LogP contribution in [-0.4, -0.2) is 49.2 Å². The predicted octanol–water partition coefficient (Wildman–Crippen LogP) is 6.14. The number of nitrogens with two attached hydrogens (primary N) is 1. The summed E-state index contributed by atoms with van der Waals surface area (Å²) >= 11 is 0. The fourth-order valence-corrected chi connectivity index (χ4v) is 7.48. The molecule has 1 aromatic heterocycles. The Morgan fingerprint density at radius 1 is 1.07 bits per heavy atom. The monoisotopic (exact) mass is 616 g/mol. The van der Waals surface area contributed by atoms with Crippen LogP contribution in [0, 0.1) is 0 Å². The number of hydrogen-bond donors (Lipinski definition) is 2. The molecule has 1 aliphatic rings. The van der Waals surface area contributed by atoms with E-state index < -0.39 is 15.9 Å². The molecule has 3 N–H and O–H groups in total. The Kier molecular flexibility index (Phi) is 9.29. The van der Waals surface area contributed by atoms with Gasteiger partial charge in [0, 0.05) is 30.9 Å². The van der Waals surface area contributed by atoms with Crippen LogP contribution in [0.3, 0.4) is 0 Å². The number of nitrogens with zero attached hydrogens (tertiary/aromatic N) is 2. The van der Waals surface area contributed by atoms with Crippen molar-refractivity contribution in [2.24, 2.45) is 0 Å². The third-order valence-corrected chi connectivity index (χ3v) is 10.2. The summed E-state index contributed by atoms with van der Waals surface area (Å²) in [6.07, 6.45) is 3.85. The molecule has 232 valence electrons. The quantitative estimate of drug-likeness (QED) is 0.195. The number of rotatable bonds is 12. The van der Waals surface area contributed by atoms with Gasteiger partial charge in [-0.05, 0) is 92.6 Å². The highest BCUT2D eigenvalue weighted by Crippen LogP contribution is 2.35. The van der Waals surface area contributed by atoms with E-state index in [1.807, 2.05) is 63.2 Å². The van der Waals surface area contributed by atoms with Gasteiger partial charge in [0.05, 0.1) is 22.9 Å². The van der Waals surface area contributed by atoms with Crippen LogP contribution in [-0.2, 0) is 21.2 Å². The molecule has 1 amide bonds. The maximum Gasteiger partial charge on any atom is 0.249 e. The lowest BCUT2D eigenvalue weighted by molar-refractivity contribution is -0.131. The zero-order valence-electron chi connectivity index (χ0n) is 25.6. The summed E-state index contributed by atoms with van der Waals surface area (Å²) < 4.78 is 38.6. The first kappa shape index (κ1) is 31.1.